The summed E-state index contributed by atoms with van der Waals surface area (Å²) in [6.45, 7) is 8.46. The topological polar surface area (TPSA) is 89.9 Å². The molecular formula is C13H20O6. The van der Waals surface area contributed by atoms with E-state index in [1.54, 1.807) is 13.8 Å². The van der Waals surface area contributed by atoms with Crippen LogP contribution < -0.4 is 0 Å². The van der Waals surface area contributed by atoms with Crippen LogP contribution in [0.15, 0.2) is 12.2 Å². The first-order chi connectivity index (χ1) is 8.70. The number of aliphatic carboxylic acids is 1. The molecule has 0 saturated carbocycles. The summed E-state index contributed by atoms with van der Waals surface area (Å²) in [5.74, 6) is -2.31. The van der Waals surface area contributed by atoms with Gasteiger partial charge in [-0.2, -0.15) is 0 Å². The summed E-state index contributed by atoms with van der Waals surface area (Å²) in [4.78, 5) is 33.1. The van der Waals surface area contributed by atoms with Crippen LogP contribution in [0, 0.1) is 5.41 Å². The largest absolute Gasteiger partial charge is 0.478 e. The van der Waals surface area contributed by atoms with Crippen molar-refractivity contribution in [1.29, 1.82) is 0 Å². The molecule has 0 aliphatic heterocycles. The summed E-state index contributed by atoms with van der Waals surface area (Å²) in [5, 5.41) is 8.52. The Balaban J connectivity index is 3.87. The fraction of sp³-hybridized carbons (Fsp3) is 0.615. The highest BCUT2D eigenvalue weighted by Crippen LogP contribution is 2.21. The van der Waals surface area contributed by atoms with Crippen LogP contribution in [0.3, 0.4) is 0 Å². The lowest BCUT2D eigenvalue weighted by molar-refractivity contribution is -0.159. The molecule has 6 heteroatoms. The molecular weight excluding hydrogens is 252 g/mol. The number of carbonyl (C=O) groups is 3. The van der Waals surface area contributed by atoms with Gasteiger partial charge >= 0.3 is 17.9 Å². The molecule has 0 aliphatic carbocycles. The van der Waals surface area contributed by atoms with Crippen molar-refractivity contribution in [2.75, 3.05) is 13.2 Å². The normalized spacial score (nSPS) is 10.7. The predicted octanol–water partition coefficient (Wildman–Crippen LogP) is 1.54. The molecule has 0 spiro atoms. The first-order valence-corrected chi connectivity index (χ1v) is 5.94. The highest BCUT2D eigenvalue weighted by atomic mass is 16.6. The maximum Gasteiger partial charge on any atom is 0.331 e. The molecule has 0 amide bonds. The van der Waals surface area contributed by atoms with E-state index in [-0.39, 0.29) is 31.2 Å². The summed E-state index contributed by atoms with van der Waals surface area (Å²) in [5.41, 5.74) is -0.809. The van der Waals surface area contributed by atoms with Gasteiger partial charge in [-0.1, -0.05) is 13.5 Å². The van der Waals surface area contributed by atoms with Crippen LogP contribution in [0.4, 0.5) is 0 Å². The molecule has 0 aromatic heterocycles. The molecule has 0 saturated heterocycles. The number of carbonyl (C=O) groups excluding carboxylic acids is 2. The number of carboxylic acid groups (broad SMARTS) is 1. The van der Waals surface area contributed by atoms with Gasteiger partial charge in [0.1, 0.15) is 13.2 Å². The quantitative estimate of drug-likeness (QED) is 0.409. The monoisotopic (exact) mass is 272 g/mol. The average molecular weight is 272 g/mol. The molecule has 1 N–H and O–H groups in total. The van der Waals surface area contributed by atoms with Crippen molar-refractivity contribution >= 4 is 17.9 Å². The van der Waals surface area contributed by atoms with Crippen molar-refractivity contribution in [3.63, 3.8) is 0 Å². The van der Waals surface area contributed by atoms with Crippen LogP contribution in [-0.2, 0) is 23.9 Å². The van der Waals surface area contributed by atoms with E-state index in [2.05, 4.69) is 6.58 Å². The zero-order valence-electron chi connectivity index (χ0n) is 11.5. The Bertz CT molecular complexity index is 369. The lowest BCUT2D eigenvalue weighted by Crippen LogP contribution is -2.27. The number of carboxylic acids is 1. The van der Waals surface area contributed by atoms with Gasteiger partial charge in [0.15, 0.2) is 0 Å². The Morgan fingerprint density at radius 2 is 1.68 bits per heavy atom. The van der Waals surface area contributed by atoms with Crippen LogP contribution in [0.25, 0.3) is 0 Å². The van der Waals surface area contributed by atoms with Gasteiger partial charge in [-0.15, -0.1) is 0 Å². The summed E-state index contributed by atoms with van der Waals surface area (Å²) in [6.07, 6.45) is 0.258. The molecule has 0 atom stereocenters. The number of rotatable bonds is 8. The maximum absolute atomic E-state index is 11.6. The summed E-state index contributed by atoms with van der Waals surface area (Å²) >= 11 is 0. The van der Waals surface area contributed by atoms with Crippen molar-refractivity contribution in [2.45, 2.75) is 33.6 Å². The fourth-order valence-electron chi connectivity index (χ4n) is 0.930. The molecule has 0 aromatic rings. The Morgan fingerprint density at radius 3 is 2.16 bits per heavy atom. The van der Waals surface area contributed by atoms with Gasteiger partial charge < -0.3 is 14.6 Å². The van der Waals surface area contributed by atoms with E-state index in [1.165, 1.54) is 0 Å². The summed E-state index contributed by atoms with van der Waals surface area (Å²) in [7, 11) is 0. The first-order valence-electron chi connectivity index (χ1n) is 5.94. The summed E-state index contributed by atoms with van der Waals surface area (Å²) in [6, 6.07) is 0. The molecule has 0 unspecified atom stereocenters. The van der Waals surface area contributed by atoms with Gasteiger partial charge in [0, 0.05) is 5.57 Å². The lowest BCUT2D eigenvalue weighted by atomic mass is 9.91. The number of esters is 2. The van der Waals surface area contributed by atoms with Gasteiger partial charge in [0.25, 0.3) is 0 Å². The minimum absolute atomic E-state index is 0.0481. The van der Waals surface area contributed by atoms with Crippen LogP contribution in [-0.4, -0.2) is 36.2 Å². The van der Waals surface area contributed by atoms with Gasteiger partial charge in [0.05, 0.1) is 11.8 Å². The third-order valence-electron chi connectivity index (χ3n) is 2.68. The van der Waals surface area contributed by atoms with Crippen LogP contribution in [0.1, 0.15) is 33.6 Å². The van der Waals surface area contributed by atoms with Crippen molar-refractivity contribution < 1.29 is 29.0 Å². The van der Waals surface area contributed by atoms with E-state index in [0.29, 0.717) is 6.42 Å². The van der Waals surface area contributed by atoms with E-state index in [1.807, 2.05) is 6.92 Å². The van der Waals surface area contributed by atoms with Gasteiger partial charge in [-0.3, -0.25) is 9.59 Å². The van der Waals surface area contributed by atoms with Crippen LogP contribution >= 0.6 is 0 Å². The Morgan fingerprint density at radius 1 is 1.16 bits per heavy atom. The van der Waals surface area contributed by atoms with Crippen molar-refractivity contribution in [3.8, 4) is 0 Å². The van der Waals surface area contributed by atoms with E-state index in [4.69, 9.17) is 14.6 Å². The Hall–Kier alpha value is -1.85. The highest BCUT2D eigenvalue weighted by Gasteiger charge is 2.26. The van der Waals surface area contributed by atoms with Crippen LogP contribution in [0.5, 0.6) is 0 Å². The molecule has 19 heavy (non-hydrogen) atoms. The van der Waals surface area contributed by atoms with Crippen molar-refractivity contribution in [2.24, 2.45) is 5.41 Å². The number of hydrogen-bond acceptors (Lipinski definition) is 5. The third kappa shape index (κ3) is 6.59. The van der Waals surface area contributed by atoms with E-state index >= 15 is 0 Å². The van der Waals surface area contributed by atoms with Gasteiger partial charge in [-0.25, -0.2) is 4.79 Å². The zero-order valence-corrected chi connectivity index (χ0v) is 11.5. The van der Waals surface area contributed by atoms with Crippen LogP contribution in [0.2, 0.25) is 0 Å². The highest BCUT2D eigenvalue weighted by molar-refractivity contribution is 5.91. The SMILES string of the molecule is C=C(CC(=O)OCCOC(=O)C(C)(C)CC)C(=O)O. The van der Waals surface area contributed by atoms with E-state index < -0.39 is 17.4 Å². The molecule has 0 bridgehead atoms. The predicted molar refractivity (Wildman–Crippen MR) is 67.4 cm³/mol. The minimum atomic E-state index is -1.24. The molecule has 108 valence electrons. The fourth-order valence-corrected chi connectivity index (χ4v) is 0.930. The van der Waals surface area contributed by atoms with Crippen molar-refractivity contribution in [1.82, 2.24) is 0 Å². The van der Waals surface area contributed by atoms with Crippen molar-refractivity contribution in [3.05, 3.63) is 12.2 Å². The standard InChI is InChI=1S/C13H20O6/c1-5-13(3,4)12(17)19-7-6-18-10(14)8-9(2)11(15)16/h2,5-8H2,1,3-4H3,(H,15,16). The van der Waals surface area contributed by atoms with E-state index in [9.17, 15) is 14.4 Å². The van der Waals surface area contributed by atoms with Gasteiger partial charge in [0.2, 0.25) is 0 Å². The second-order valence-corrected chi connectivity index (χ2v) is 4.68. The maximum atomic E-state index is 11.6. The Kier molecular flexibility index (Phi) is 6.82. The average Bonchev–Trinajstić information content (AvgIpc) is 2.33. The van der Waals surface area contributed by atoms with Gasteiger partial charge in [-0.05, 0) is 20.3 Å². The molecule has 0 aliphatic rings. The molecule has 0 fully saturated rings. The number of hydrogen-bond donors (Lipinski definition) is 1. The molecule has 0 aromatic carbocycles. The molecule has 0 rings (SSSR count). The summed E-state index contributed by atoms with van der Waals surface area (Å²) < 4.78 is 9.66. The minimum Gasteiger partial charge on any atom is -0.478 e. The third-order valence-corrected chi connectivity index (χ3v) is 2.68. The second kappa shape index (κ2) is 7.56. The lowest BCUT2D eigenvalue weighted by Gasteiger charge is -2.20. The Labute approximate surface area is 112 Å². The van der Waals surface area contributed by atoms with E-state index in [0.717, 1.165) is 0 Å². The number of ether oxygens (including phenoxy) is 2. The molecule has 0 heterocycles. The zero-order chi connectivity index (χ0) is 15.1. The first kappa shape index (κ1) is 17.2. The molecule has 0 radical (unpaired) electrons. The second-order valence-electron chi connectivity index (χ2n) is 4.68. The smallest absolute Gasteiger partial charge is 0.331 e. The molecule has 6 nitrogen and oxygen atoms in total.